The van der Waals surface area contributed by atoms with Crippen LogP contribution < -0.4 is 0 Å². The van der Waals surface area contributed by atoms with E-state index in [9.17, 15) is 14.7 Å². The summed E-state index contributed by atoms with van der Waals surface area (Å²) in [6, 6.07) is 1.12. The van der Waals surface area contributed by atoms with E-state index in [1.54, 1.807) is 29.7 Å². The third-order valence-electron chi connectivity index (χ3n) is 5.09. The molecule has 1 N–H and O–H groups in total. The van der Waals surface area contributed by atoms with Gasteiger partial charge in [-0.15, -0.1) is 11.3 Å². The summed E-state index contributed by atoms with van der Waals surface area (Å²) in [6.07, 6.45) is 9.35. The fraction of sp³-hybridized carbons (Fsp3) is 0.471. The van der Waals surface area contributed by atoms with Crippen molar-refractivity contribution in [2.24, 2.45) is 5.92 Å². The van der Waals surface area contributed by atoms with Gasteiger partial charge < -0.3 is 14.4 Å². The predicted molar refractivity (Wildman–Crippen MR) is 87.8 cm³/mol. The molecule has 2 fully saturated rings. The minimum absolute atomic E-state index is 0.0480. The van der Waals surface area contributed by atoms with Gasteiger partial charge in [0.05, 0.1) is 12.5 Å². The van der Waals surface area contributed by atoms with Crippen molar-refractivity contribution in [3.05, 3.63) is 29.7 Å². The number of hydrogen-bond acceptors (Lipinski definition) is 5. The number of carbonyl (C=O) groups is 2. The fourth-order valence-corrected chi connectivity index (χ4v) is 4.84. The van der Waals surface area contributed by atoms with E-state index >= 15 is 0 Å². The molecule has 2 aromatic rings. The molecule has 3 atom stereocenters. The van der Waals surface area contributed by atoms with E-state index in [1.165, 1.54) is 11.3 Å². The van der Waals surface area contributed by atoms with Gasteiger partial charge in [-0.1, -0.05) is 12.8 Å². The molecule has 6 nitrogen and oxygen atoms in total. The van der Waals surface area contributed by atoms with E-state index in [2.05, 4.69) is 4.98 Å². The van der Waals surface area contributed by atoms with Crippen molar-refractivity contribution in [2.75, 3.05) is 0 Å². The summed E-state index contributed by atoms with van der Waals surface area (Å²) >= 11 is 1.28. The van der Waals surface area contributed by atoms with Crippen molar-refractivity contribution in [1.82, 2.24) is 9.88 Å². The van der Waals surface area contributed by atoms with Gasteiger partial charge in [-0.3, -0.25) is 4.79 Å². The molecule has 0 spiro atoms. The third-order valence-corrected chi connectivity index (χ3v) is 6.13. The summed E-state index contributed by atoms with van der Waals surface area (Å²) < 4.78 is 5.05. The van der Waals surface area contributed by atoms with Gasteiger partial charge in [-0.25, -0.2) is 9.78 Å². The van der Waals surface area contributed by atoms with Gasteiger partial charge in [0.25, 0.3) is 5.91 Å². The Morgan fingerprint density at radius 3 is 2.92 bits per heavy atom. The largest absolute Gasteiger partial charge is 0.480 e. The lowest BCUT2D eigenvalue weighted by molar-refractivity contribution is -0.141. The maximum Gasteiger partial charge on any atom is 0.326 e. The molecule has 1 amide bonds. The number of thiazole rings is 1. The molecule has 3 heterocycles. The summed E-state index contributed by atoms with van der Waals surface area (Å²) in [4.78, 5) is 31.1. The molecule has 1 saturated heterocycles. The molecular weight excluding hydrogens is 328 g/mol. The van der Waals surface area contributed by atoms with Crippen LogP contribution in [-0.2, 0) is 4.79 Å². The number of hydrogen-bond donors (Lipinski definition) is 1. The summed E-state index contributed by atoms with van der Waals surface area (Å²) in [5.41, 5.74) is 0.825. The van der Waals surface area contributed by atoms with Gasteiger partial charge >= 0.3 is 5.97 Å². The monoisotopic (exact) mass is 346 g/mol. The number of aromatic nitrogens is 1. The van der Waals surface area contributed by atoms with Gasteiger partial charge in [-0.05, 0) is 31.2 Å². The average Bonchev–Trinajstić information content (AvgIpc) is 3.31. The summed E-state index contributed by atoms with van der Waals surface area (Å²) in [6.45, 7) is 0. The van der Waals surface area contributed by atoms with Gasteiger partial charge in [0.15, 0.2) is 0 Å². The zero-order chi connectivity index (χ0) is 16.7. The van der Waals surface area contributed by atoms with Crippen molar-refractivity contribution < 1.29 is 19.1 Å². The number of fused-ring (bicyclic) bond motifs is 1. The van der Waals surface area contributed by atoms with Crippen molar-refractivity contribution in [3.8, 4) is 10.6 Å². The molecule has 7 heteroatoms. The van der Waals surface area contributed by atoms with Gasteiger partial charge in [0, 0.05) is 11.6 Å². The lowest BCUT2D eigenvalue weighted by atomic mass is 9.85. The quantitative estimate of drug-likeness (QED) is 0.922. The fourth-order valence-electron chi connectivity index (χ4n) is 3.99. The highest BCUT2D eigenvalue weighted by Gasteiger charge is 2.48. The molecule has 0 unspecified atom stereocenters. The second-order valence-corrected chi connectivity index (χ2v) is 7.49. The molecule has 1 aliphatic carbocycles. The van der Waals surface area contributed by atoms with Crippen LogP contribution in [0.5, 0.6) is 0 Å². The molecule has 126 valence electrons. The van der Waals surface area contributed by atoms with Crippen molar-refractivity contribution >= 4 is 23.2 Å². The second kappa shape index (κ2) is 6.05. The SMILES string of the molecule is O=C(O)[C@@H]1C[C@H]2CCCC[C@H]2N1C(=O)c1cnc(-c2ccoc2)s1. The van der Waals surface area contributed by atoms with Gasteiger partial charge in [0.1, 0.15) is 22.2 Å². The first-order chi connectivity index (χ1) is 11.6. The molecule has 1 aliphatic heterocycles. The van der Waals surface area contributed by atoms with Crippen molar-refractivity contribution in [1.29, 1.82) is 0 Å². The van der Waals surface area contributed by atoms with E-state index in [0.717, 1.165) is 31.2 Å². The maximum absolute atomic E-state index is 13.0. The van der Waals surface area contributed by atoms with Crippen molar-refractivity contribution in [2.45, 2.75) is 44.2 Å². The predicted octanol–water partition coefficient (Wildman–Crippen LogP) is 3.26. The molecule has 0 aromatic carbocycles. The zero-order valence-electron chi connectivity index (χ0n) is 13.1. The highest BCUT2D eigenvalue weighted by Crippen LogP contribution is 2.41. The van der Waals surface area contributed by atoms with E-state index in [0.29, 0.717) is 22.2 Å². The Labute approximate surface area is 143 Å². The third kappa shape index (κ3) is 2.53. The lowest BCUT2D eigenvalue weighted by Gasteiger charge is -2.32. The Morgan fingerprint density at radius 1 is 1.33 bits per heavy atom. The number of nitrogens with zero attached hydrogens (tertiary/aromatic N) is 2. The number of carbonyl (C=O) groups excluding carboxylic acids is 1. The van der Waals surface area contributed by atoms with Crippen LogP contribution in [0, 0.1) is 5.92 Å². The summed E-state index contributed by atoms with van der Waals surface area (Å²) in [7, 11) is 0. The smallest absolute Gasteiger partial charge is 0.326 e. The van der Waals surface area contributed by atoms with Crippen LogP contribution in [0.25, 0.3) is 10.6 Å². The standard InChI is InChI=1S/C17H18N2O4S/c20-16(14-8-18-15(24-14)11-5-6-23-9-11)19-12-4-2-1-3-10(12)7-13(19)17(21)22/h5-6,8-10,12-13H,1-4,7H2,(H,21,22)/t10-,12-,13+/m1/s1. The van der Waals surface area contributed by atoms with E-state index in [4.69, 9.17) is 4.42 Å². The van der Waals surface area contributed by atoms with Gasteiger partial charge in [-0.2, -0.15) is 0 Å². The number of rotatable bonds is 3. The van der Waals surface area contributed by atoms with Crippen LogP contribution in [0.2, 0.25) is 0 Å². The Hall–Kier alpha value is -2.15. The molecular formula is C17H18N2O4S. The first kappa shape index (κ1) is 15.4. The lowest BCUT2D eigenvalue weighted by Crippen LogP contribution is -2.46. The molecule has 2 aromatic heterocycles. The summed E-state index contributed by atoms with van der Waals surface area (Å²) in [5, 5.41) is 10.3. The first-order valence-corrected chi connectivity index (χ1v) is 9.00. The molecule has 0 bridgehead atoms. The second-order valence-electron chi connectivity index (χ2n) is 6.46. The van der Waals surface area contributed by atoms with E-state index in [1.807, 2.05) is 0 Å². The first-order valence-electron chi connectivity index (χ1n) is 8.19. The number of amides is 1. The van der Waals surface area contributed by atoms with Crippen LogP contribution in [-0.4, -0.2) is 39.0 Å². The Morgan fingerprint density at radius 2 is 2.17 bits per heavy atom. The number of aliphatic carboxylic acids is 1. The van der Waals surface area contributed by atoms with Crippen molar-refractivity contribution in [3.63, 3.8) is 0 Å². The topological polar surface area (TPSA) is 83.6 Å². The Balaban J connectivity index is 1.63. The van der Waals surface area contributed by atoms with E-state index in [-0.39, 0.29) is 11.9 Å². The van der Waals surface area contributed by atoms with E-state index < -0.39 is 12.0 Å². The van der Waals surface area contributed by atoms with Crippen LogP contribution in [0.1, 0.15) is 41.8 Å². The highest BCUT2D eigenvalue weighted by atomic mass is 32.1. The average molecular weight is 346 g/mol. The normalized spacial score (nSPS) is 26.3. The number of carboxylic acids is 1. The number of furan rings is 1. The number of likely N-dealkylation sites (tertiary alicyclic amines) is 1. The Kier molecular flexibility index (Phi) is 3.88. The molecule has 4 rings (SSSR count). The van der Waals surface area contributed by atoms with Gasteiger partial charge in [0.2, 0.25) is 0 Å². The molecule has 2 aliphatic rings. The summed E-state index contributed by atoms with van der Waals surface area (Å²) in [5.74, 6) is -0.800. The minimum Gasteiger partial charge on any atom is -0.480 e. The minimum atomic E-state index is -0.905. The zero-order valence-corrected chi connectivity index (χ0v) is 13.9. The Bertz CT molecular complexity index is 754. The van der Waals surface area contributed by atoms with Crippen LogP contribution in [0.15, 0.2) is 29.2 Å². The molecule has 1 saturated carbocycles. The highest BCUT2D eigenvalue weighted by molar-refractivity contribution is 7.16. The van der Waals surface area contributed by atoms with Crippen LogP contribution >= 0.6 is 11.3 Å². The van der Waals surface area contributed by atoms with Crippen LogP contribution in [0.3, 0.4) is 0 Å². The molecule has 0 radical (unpaired) electrons. The number of carboxylic acid groups (broad SMARTS) is 1. The molecule has 24 heavy (non-hydrogen) atoms. The maximum atomic E-state index is 13.0. The van der Waals surface area contributed by atoms with Crippen LogP contribution in [0.4, 0.5) is 0 Å².